The van der Waals surface area contributed by atoms with Crippen molar-refractivity contribution < 1.29 is 18.3 Å². The lowest BCUT2D eigenvalue weighted by Crippen LogP contribution is -2.45. The van der Waals surface area contributed by atoms with Crippen LogP contribution in [0.5, 0.6) is 5.75 Å². The van der Waals surface area contributed by atoms with Gasteiger partial charge < -0.3 is 15.8 Å². The third kappa shape index (κ3) is 4.10. The second kappa shape index (κ2) is 7.31. The number of ether oxygens (including phenoxy) is 1. The van der Waals surface area contributed by atoms with Gasteiger partial charge in [-0.05, 0) is 37.1 Å². The Balaban J connectivity index is 2.85. The van der Waals surface area contributed by atoms with Gasteiger partial charge in [-0.2, -0.15) is 8.78 Å². The Morgan fingerprint density at radius 2 is 1.86 bits per heavy atom. The molecule has 0 saturated carbocycles. The van der Waals surface area contributed by atoms with E-state index in [0.717, 1.165) is 0 Å². The predicted octanol–water partition coefficient (Wildman–Crippen LogP) is 3.32. The molecule has 0 bridgehead atoms. The summed E-state index contributed by atoms with van der Waals surface area (Å²) >= 11 is 5.00. The van der Waals surface area contributed by atoms with Gasteiger partial charge in [0.25, 0.3) is 0 Å². The molecule has 0 unspecified atom stereocenters. The number of alkyl halides is 2. The van der Waals surface area contributed by atoms with Gasteiger partial charge in [-0.1, -0.05) is 26.1 Å². The van der Waals surface area contributed by atoms with E-state index in [2.05, 4.69) is 10.1 Å². The second-order valence-corrected chi connectivity index (χ2v) is 4.95. The highest BCUT2D eigenvalue weighted by molar-refractivity contribution is 7.80. The van der Waals surface area contributed by atoms with Gasteiger partial charge in [0.1, 0.15) is 5.75 Å². The maximum absolute atomic E-state index is 12.4. The first-order valence-corrected chi connectivity index (χ1v) is 6.92. The van der Waals surface area contributed by atoms with E-state index in [9.17, 15) is 13.6 Å². The topological polar surface area (TPSA) is 64.3 Å². The molecule has 0 aliphatic heterocycles. The van der Waals surface area contributed by atoms with Crippen molar-refractivity contribution in [3.63, 3.8) is 0 Å². The lowest BCUT2D eigenvalue weighted by atomic mass is 9.81. The first-order valence-electron chi connectivity index (χ1n) is 6.52. The van der Waals surface area contributed by atoms with E-state index >= 15 is 0 Å². The van der Waals surface area contributed by atoms with Crippen LogP contribution in [0.2, 0.25) is 0 Å². The van der Waals surface area contributed by atoms with Crippen molar-refractivity contribution in [3.8, 4) is 5.75 Å². The monoisotopic (exact) mass is 316 g/mol. The number of carbonyl (C=O) groups is 1. The zero-order chi connectivity index (χ0) is 16.0. The van der Waals surface area contributed by atoms with Gasteiger partial charge in [-0.25, -0.2) is 0 Å². The maximum atomic E-state index is 12.4. The molecule has 1 aromatic rings. The van der Waals surface area contributed by atoms with Crippen molar-refractivity contribution in [2.24, 2.45) is 11.1 Å². The minimum atomic E-state index is -2.88. The average Bonchev–Trinajstić information content (AvgIpc) is 2.42. The highest BCUT2D eigenvalue weighted by atomic mass is 32.1. The highest BCUT2D eigenvalue weighted by Gasteiger charge is 2.38. The Labute approximate surface area is 127 Å². The van der Waals surface area contributed by atoms with Gasteiger partial charge in [-0.15, -0.1) is 0 Å². The summed E-state index contributed by atoms with van der Waals surface area (Å²) in [6.45, 7) is 0.789. The van der Waals surface area contributed by atoms with Crippen molar-refractivity contribution in [3.05, 3.63) is 24.3 Å². The third-order valence-electron chi connectivity index (χ3n) is 3.45. The summed E-state index contributed by atoms with van der Waals surface area (Å²) in [5.74, 6) is -0.280. The molecule has 0 aliphatic rings. The van der Waals surface area contributed by atoms with E-state index in [1.807, 2.05) is 13.8 Å². The number of hydrogen-bond acceptors (Lipinski definition) is 3. The fraction of sp³-hybridized carbons (Fsp3) is 0.429. The summed E-state index contributed by atoms with van der Waals surface area (Å²) in [5.41, 5.74) is 5.25. The zero-order valence-electron chi connectivity index (χ0n) is 11.9. The molecule has 0 heterocycles. The molecule has 0 spiro atoms. The summed E-state index contributed by atoms with van der Waals surface area (Å²) in [7, 11) is 0. The van der Waals surface area contributed by atoms with E-state index in [1.54, 1.807) is 0 Å². The van der Waals surface area contributed by atoms with E-state index in [1.165, 1.54) is 24.3 Å². The minimum absolute atomic E-state index is 0.0228. The van der Waals surface area contributed by atoms with Crippen LogP contribution in [0.3, 0.4) is 0 Å². The van der Waals surface area contributed by atoms with Crippen LogP contribution in [-0.4, -0.2) is 17.5 Å². The van der Waals surface area contributed by atoms with E-state index in [-0.39, 0.29) is 16.6 Å². The maximum Gasteiger partial charge on any atom is 0.387 e. The summed E-state index contributed by atoms with van der Waals surface area (Å²) in [5, 5.41) is 2.70. The van der Waals surface area contributed by atoms with Gasteiger partial charge in [0.15, 0.2) is 0 Å². The lowest BCUT2D eigenvalue weighted by Gasteiger charge is -2.28. The van der Waals surface area contributed by atoms with Crippen LogP contribution < -0.4 is 15.8 Å². The Hall–Kier alpha value is -1.76. The summed E-state index contributed by atoms with van der Waals surface area (Å²) in [6, 6.07) is 5.65. The summed E-state index contributed by atoms with van der Waals surface area (Å²) < 4.78 is 28.3. The quantitative estimate of drug-likeness (QED) is 0.757. The Bertz CT molecular complexity index is 502. The standard InChI is InChI=1S/C14H18F2N2O2S/c1-3-14(4-2,11(17)21)12(19)18-9-5-7-10(8-6-9)20-13(15)16/h5-8,13H,3-4H2,1-2H3,(H2,17,21)(H,18,19). The van der Waals surface area contributed by atoms with Crippen molar-refractivity contribution in [2.75, 3.05) is 5.32 Å². The fourth-order valence-corrected chi connectivity index (χ4v) is 2.38. The van der Waals surface area contributed by atoms with Crippen LogP contribution in [0, 0.1) is 5.41 Å². The number of hydrogen-bond donors (Lipinski definition) is 2. The van der Waals surface area contributed by atoms with Gasteiger partial charge in [-0.3, -0.25) is 4.79 Å². The van der Waals surface area contributed by atoms with Crippen LogP contribution in [-0.2, 0) is 4.79 Å². The number of nitrogens with one attached hydrogen (secondary N) is 1. The molecule has 0 atom stereocenters. The van der Waals surface area contributed by atoms with Gasteiger partial charge in [0.05, 0.1) is 10.4 Å². The predicted molar refractivity (Wildman–Crippen MR) is 81.5 cm³/mol. The molecule has 21 heavy (non-hydrogen) atoms. The number of thiocarbonyl (C=S) groups is 1. The lowest BCUT2D eigenvalue weighted by molar-refractivity contribution is -0.122. The van der Waals surface area contributed by atoms with E-state index < -0.39 is 12.0 Å². The van der Waals surface area contributed by atoms with E-state index in [0.29, 0.717) is 18.5 Å². The van der Waals surface area contributed by atoms with Gasteiger partial charge >= 0.3 is 6.61 Å². The normalized spacial score (nSPS) is 11.3. The largest absolute Gasteiger partial charge is 0.435 e. The van der Waals surface area contributed by atoms with Gasteiger partial charge in [0, 0.05) is 5.69 Å². The number of nitrogens with two attached hydrogens (primary N) is 1. The number of halogens is 2. The SMILES string of the molecule is CCC(CC)(C(=O)Nc1ccc(OC(F)F)cc1)C(N)=S. The minimum Gasteiger partial charge on any atom is -0.435 e. The van der Waals surface area contributed by atoms with Crippen LogP contribution >= 0.6 is 12.2 Å². The molecule has 0 fully saturated rings. The molecule has 0 saturated heterocycles. The molecule has 3 N–H and O–H groups in total. The van der Waals surface area contributed by atoms with Crippen LogP contribution in [0.25, 0.3) is 0 Å². The van der Waals surface area contributed by atoms with Crippen LogP contribution in [0.1, 0.15) is 26.7 Å². The third-order valence-corrected chi connectivity index (χ3v) is 3.84. The second-order valence-electron chi connectivity index (χ2n) is 4.51. The number of carbonyl (C=O) groups excluding carboxylic acids is 1. The molecule has 4 nitrogen and oxygen atoms in total. The molecule has 0 radical (unpaired) electrons. The first kappa shape index (κ1) is 17.3. The zero-order valence-corrected chi connectivity index (χ0v) is 12.7. The van der Waals surface area contributed by atoms with Crippen LogP contribution in [0.15, 0.2) is 24.3 Å². The van der Waals surface area contributed by atoms with Crippen LogP contribution in [0.4, 0.5) is 14.5 Å². The molecule has 1 aromatic carbocycles. The summed E-state index contributed by atoms with van der Waals surface area (Å²) in [6.07, 6.45) is 0.967. The number of amides is 1. The van der Waals surface area contributed by atoms with Gasteiger partial charge in [0.2, 0.25) is 5.91 Å². The average molecular weight is 316 g/mol. The number of anilines is 1. The smallest absolute Gasteiger partial charge is 0.387 e. The molecular weight excluding hydrogens is 298 g/mol. The summed E-state index contributed by atoms with van der Waals surface area (Å²) in [4.78, 5) is 12.5. The molecule has 1 amide bonds. The van der Waals surface area contributed by atoms with Crippen molar-refractivity contribution in [2.45, 2.75) is 33.3 Å². The Morgan fingerprint density at radius 3 is 2.24 bits per heavy atom. The molecule has 0 aliphatic carbocycles. The number of rotatable bonds is 7. The number of benzene rings is 1. The first-order chi connectivity index (χ1) is 9.85. The Morgan fingerprint density at radius 1 is 1.33 bits per heavy atom. The molecule has 0 aromatic heterocycles. The molecule has 1 rings (SSSR count). The fourth-order valence-electron chi connectivity index (χ4n) is 2.00. The van der Waals surface area contributed by atoms with Crippen molar-refractivity contribution in [1.82, 2.24) is 0 Å². The molecular formula is C14H18F2N2O2S. The van der Waals surface area contributed by atoms with E-state index in [4.69, 9.17) is 18.0 Å². The van der Waals surface area contributed by atoms with Crippen molar-refractivity contribution >= 4 is 28.8 Å². The molecule has 116 valence electrons. The highest BCUT2D eigenvalue weighted by Crippen LogP contribution is 2.29. The van der Waals surface area contributed by atoms with Crippen molar-refractivity contribution in [1.29, 1.82) is 0 Å². The molecule has 7 heteroatoms. The Kier molecular flexibility index (Phi) is 6.02.